The molecule has 158 valence electrons. The maximum absolute atomic E-state index is 12.5. The van der Waals surface area contributed by atoms with Gasteiger partial charge in [0.1, 0.15) is 5.82 Å². The molecule has 0 spiro atoms. The van der Waals surface area contributed by atoms with E-state index in [-0.39, 0.29) is 5.91 Å². The first-order valence-electron chi connectivity index (χ1n) is 11.1. The van der Waals surface area contributed by atoms with Gasteiger partial charge in [0.25, 0.3) is 0 Å². The van der Waals surface area contributed by atoms with Crippen LogP contribution in [0.1, 0.15) is 50.0 Å². The van der Waals surface area contributed by atoms with E-state index in [1.165, 1.54) is 16.9 Å². The van der Waals surface area contributed by atoms with Crippen molar-refractivity contribution in [2.75, 3.05) is 26.2 Å². The number of para-hydroxylation sites is 2. The predicted octanol–water partition coefficient (Wildman–Crippen LogP) is 4.16. The summed E-state index contributed by atoms with van der Waals surface area (Å²) in [6.07, 6.45) is 3.10. The van der Waals surface area contributed by atoms with Crippen LogP contribution in [-0.4, -0.2) is 46.5 Å². The lowest BCUT2D eigenvalue weighted by Crippen LogP contribution is -2.42. The molecule has 3 aromatic rings. The minimum atomic E-state index is 0.115. The number of rotatable bonds is 7. The molecule has 2 heterocycles. The third-order valence-electron chi connectivity index (χ3n) is 5.96. The summed E-state index contributed by atoms with van der Waals surface area (Å²) in [4.78, 5) is 19.8. The number of hydrogen-bond acceptors (Lipinski definition) is 3. The fourth-order valence-electron chi connectivity index (χ4n) is 4.55. The fraction of sp³-hybridized carbons (Fsp3) is 0.440. The lowest BCUT2D eigenvalue weighted by Gasteiger charge is -2.32. The van der Waals surface area contributed by atoms with Crippen LogP contribution in [0.2, 0.25) is 0 Å². The zero-order chi connectivity index (χ0) is 20.9. The van der Waals surface area contributed by atoms with Gasteiger partial charge in [-0.3, -0.25) is 9.69 Å². The molecule has 1 aliphatic rings. The molecule has 1 aliphatic heterocycles. The normalized spacial score (nSPS) is 17.5. The van der Waals surface area contributed by atoms with Crippen molar-refractivity contribution in [2.45, 2.75) is 45.1 Å². The highest BCUT2D eigenvalue weighted by atomic mass is 16.2. The molecule has 1 unspecified atom stereocenters. The van der Waals surface area contributed by atoms with Gasteiger partial charge in [0.2, 0.25) is 5.91 Å². The summed E-state index contributed by atoms with van der Waals surface area (Å²) in [5.74, 6) is 1.65. The maximum atomic E-state index is 12.5. The lowest BCUT2D eigenvalue weighted by molar-refractivity contribution is -0.122. The van der Waals surface area contributed by atoms with E-state index >= 15 is 0 Å². The molecular formula is C25H32N4O. The summed E-state index contributed by atoms with van der Waals surface area (Å²) < 4.78 is 2.38. The number of aromatic nitrogens is 2. The quantitative estimate of drug-likeness (QED) is 0.643. The first-order valence-corrected chi connectivity index (χ1v) is 11.1. The Hall–Kier alpha value is -2.66. The van der Waals surface area contributed by atoms with Gasteiger partial charge in [0, 0.05) is 25.0 Å². The number of hydrogen-bond donors (Lipinski definition) is 1. The molecule has 0 bridgehead atoms. The number of carbonyl (C=O) groups is 1. The van der Waals surface area contributed by atoms with Gasteiger partial charge >= 0.3 is 0 Å². The number of nitrogens with zero attached hydrogens (tertiary/aromatic N) is 3. The number of likely N-dealkylation sites (tertiary alicyclic amines) is 1. The number of piperidine rings is 1. The Morgan fingerprint density at radius 1 is 1.13 bits per heavy atom. The van der Waals surface area contributed by atoms with Crippen molar-refractivity contribution in [1.29, 1.82) is 0 Å². The zero-order valence-corrected chi connectivity index (χ0v) is 18.1. The van der Waals surface area contributed by atoms with E-state index in [4.69, 9.17) is 4.98 Å². The van der Waals surface area contributed by atoms with Crippen LogP contribution in [0.3, 0.4) is 0 Å². The van der Waals surface area contributed by atoms with E-state index in [1.807, 2.05) is 18.2 Å². The Morgan fingerprint density at radius 2 is 1.90 bits per heavy atom. The monoisotopic (exact) mass is 404 g/mol. The molecule has 5 heteroatoms. The fourth-order valence-corrected chi connectivity index (χ4v) is 4.55. The molecule has 1 saturated heterocycles. The van der Waals surface area contributed by atoms with Gasteiger partial charge in [-0.1, -0.05) is 42.5 Å². The smallest absolute Gasteiger partial charge is 0.234 e. The summed E-state index contributed by atoms with van der Waals surface area (Å²) in [6, 6.07) is 19.0. The third-order valence-corrected chi connectivity index (χ3v) is 5.96. The van der Waals surface area contributed by atoms with Crippen molar-refractivity contribution in [1.82, 2.24) is 19.8 Å². The third kappa shape index (κ3) is 4.73. The Bertz CT molecular complexity index is 979. The Balaban J connectivity index is 1.37. The number of amides is 1. The van der Waals surface area contributed by atoms with Gasteiger partial charge in [0.15, 0.2) is 0 Å². The SMILES string of the molecule is CC(C)n1c(C2CCCN(CC(=O)NCCc3ccccc3)C2)nc2ccccc21. The second kappa shape index (κ2) is 9.43. The van der Waals surface area contributed by atoms with Crippen molar-refractivity contribution in [3.05, 3.63) is 66.0 Å². The number of fused-ring (bicyclic) bond motifs is 1. The molecule has 0 aliphatic carbocycles. The second-order valence-corrected chi connectivity index (χ2v) is 8.58. The molecule has 1 N–H and O–H groups in total. The van der Waals surface area contributed by atoms with Gasteiger partial charge in [-0.05, 0) is 57.4 Å². The topological polar surface area (TPSA) is 50.2 Å². The van der Waals surface area contributed by atoms with E-state index in [1.54, 1.807) is 0 Å². The Morgan fingerprint density at radius 3 is 2.70 bits per heavy atom. The molecule has 1 amide bonds. The Kier molecular flexibility index (Phi) is 6.48. The molecule has 4 rings (SSSR count). The zero-order valence-electron chi connectivity index (χ0n) is 18.1. The van der Waals surface area contributed by atoms with E-state index in [9.17, 15) is 4.79 Å². The molecule has 1 atom stereocenters. The first kappa shape index (κ1) is 20.6. The van der Waals surface area contributed by atoms with Crippen LogP contribution < -0.4 is 5.32 Å². The van der Waals surface area contributed by atoms with E-state index in [2.05, 4.69) is 65.0 Å². The van der Waals surface area contributed by atoms with Crippen molar-refractivity contribution >= 4 is 16.9 Å². The van der Waals surface area contributed by atoms with Crippen LogP contribution in [0.15, 0.2) is 54.6 Å². The molecule has 30 heavy (non-hydrogen) atoms. The number of imidazole rings is 1. The number of benzene rings is 2. The molecule has 0 saturated carbocycles. The van der Waals surface area contributed by atoms with E-state index in [0.717, 1.165) is 37.9 Å². The predicted molar refractivity (Wildman–Crippen MR) is 122 cm³/mol. The minimum Gasteiger partial charge on any atom is -0.355 e. The van der Waals surface area contributed by atoms with Gasteiger partial charge in [-0.25, -0.2) is 4.98 Å². The average Bonchev–Trinajstić information content (AvgIpc) is 3.15. The molecule has 1 aromatic heterocycles. The molecule has 0 radical (unpaired) electrons. The minimum absolute atomic E-state index is 0.115. The van der Waals surface area contributed by atoms with E-state index < -0.39 is 0 Å². The highest BCUT2D eigenvalue weighted by molar-refractivity contribution is 5.78. The number of nitrogens with one attached hydrogen (secondary N) is 1. The Labute approximate surface area is 179 Å². The van der Waals surface area contributed by atoms with Crippen molar-refractivity contribution in [3.63, 3.8) is 0 Å². The van der Waals surface area contributed by atoms with Gasteiger partial charge < -0.3 is 9.88 Å². The summed E-state index contributed by atoms with van der Waals surface area (Å²) in [5, 5.41) is 3.08. The van der Waals surface area contributed by atoms with Crippen molar-refractivity contribution < 1.29 is 4.79 Å². The number of carbonyl (C=O) groups excluding carboxylic acids is 1. The first-order chi connectivity index (χ1) is 14.6. The van der Waals surface area contributed by atoms with Crippen LogP contribution >= 0.6 is 0 Å². The maximum Gasteiger partial charge on any atom is 0.234 e. The summed E-state index contributed by atoms with van der Waals surface area (Å²) in [5.41, 5.74) is 3.53. The van der Waals surface area contributed by atoms with Gasteiger partial charge in [-0.15, -0.1) is 0 Å². The van der Waals surface area contributed by atoms with Gasteiger partial charge in [0.05, 0.1) is 17.6 Å². The standard InChI is InChI=1S/C25H32N4O/c1-19(2)29-23-13-7-6-12-22(23)27-25(29)21-11-8-16-28(17-21)18-24(30)26-15-14-20-9-4-3-5-10-20/h3-7,9-10,12-13,19,21H,8,11,14-18H2,1-2H3,(H,26,30). The molecule has 1 fully saturated rings. The largest absolute Gasteiger partial charge is 0.355 e. The van der Waals surface area contributed by atoms with Crippen LogP contribution in [-0.2, 0) is 11.2 Å². The van der Waals surface area contributed by atoms with Crippen molar-refractivity contribution in [2.24, 2.45) is 0 Å². The molecular weight excluding hydrogens is 372 g/mol. The average molecular weight is 405 g/mol. The molecule has 5 nitrogen and oxygen atoms in total. The van der Waals surface area contributed by atoms with Crippen LogP contribution in [0.25, 0.3) is 11.0 Å². The van der Waals surface area contributed by atoms with Crippen LogP contribution in [0.5, 0.6) is 0 Å². The van der Waals surface area contributed by atoms with E-state index in [0.29, 0.717) is 25.0 Å². The summed E-state index contributed by atoms with van der Waals surface area (Å²) in [6.45, 7) is 7.46. The van der Waals surface area contributed by atoms with Gasteiger partial charge in [-0.2, -0.15) is 0 Å². The highest BCUT2D eigenvalue weighted by Gasteiger charge is 2.27. The lowest BCUT2D eigenvalue weighted by atomic mass is 9.97. The van der Waals surface area contributed by atoms with Crippen molar-refractivity contribution in [3.8, 4) is 0 Å². The van der Waals surface area contributed by atoms with Crippen LogP contribution in [0, 0.1) is 0 Å². The molecule has 2 aromatic carbocycles. The highest BCUT2D eigenvalue weighted by Crippen LogP contribution is 2.31. The van der Waals surface area contributed by atoms with Crippen LogP contribution in [0.4, 0.5) is 0 Å². The summed E-state index contributed by atoms with van der Waals surface area (Å²) >= 11 is 0. The summed E-state index contributed by atoms with van der Waals surface area (Å²) in [7, 11) is 0. The second-order valence-electron chi connectivity index (χ2n) is 8.58.